The van der Waals surface area contributed by atoms with E-state index in [-0.39, 0.29) is 0 Å². The molecule has 0 unspecified atom stereocenters. The van der Waals surface area contributed by atoms with E-state index in [0.29, 0.717) is 0 Å². The Morgan fingerprint density at radius 2 is 1.38 bits per heavy atom. The van der Waals surface area contributed by atoms with Gasteiger partial charge in [-0.05, 0) is 25.9 Å². The van der Waals surface area contributed by atoms with Crippen LogP contribution in [0.3, 0.4) is 0 Å². The first-order valence-corrected chi connectivity index (χ1v) is 12.2. The summed E-state index contributed by atoms with van der Waals surface area (Å²) in [6, 6.07) is 0. The van der Waals surface area contributed by atoms with Crippen molar-refractivity contribution in [2.24, 2.45) is 0 Å². The molecule has 0 radical (unpaired) electrons. The zero-order valence-electron chi connectivity index (χ0n) is 10.2. The maximum absolute atomic E-state index is 2.81. The molecule has 0 aliphatic rings. The highest BCUT2D eigenvalue weighted by molar-refractivity contribution is 7.14. The summed E-state index contributed by atoms with van der Waals surface area (Å²) < 4.78 is 2.81. The van der Waals surface area contributed by atoms with Crippen molar-refractivity contribution in [3.05, 3.63) is 0 Å². The second-order valence-electron chi connectivity index (χ2n) is 4.86. The minimum Gasteiger partial charge on any atom is -0.327 e. The molecule has 0 rings (SSSR count). The first-order chi connectivity index (χ1) is 6.02. The predicted molar refractivity (Wildman–Crippen MR) is 68.8 cm³/mol. The lowest BCUT2D eigenvalue weighted by Crippen LogP contribution is -2.50. The SMILES string of the molecule is CCCCN(CCCC)[Si](C)(C)[SiH3]. The van der Waals surface area contributed by atoms with Gasteiger partial charge < -0.3 is 4.57 Å². The van der Waals surface area contributed by atoms with E-state index in [1.807, 2.05) is 0 Å². The summed E-state index contributed by atoms with van der Waals surface area (Å²) in [7, 11) is 0.521. The van der Waals surface area contributed by atoms with Crippen molar-refractivity contribution in [1.29, 1.82) is 0 Å². The van der Waals surface area contributed by atoms with E-state index in [1.54, 1.807) is 0 Å². The van der Waals surface area contributed by atoms with Crippen LogP contribution in [-0.4, -0.2) is 35.2 Å². The number of rotatable bonds is 7. The lowest BCUT2D eigenvalue weighted by atomic mass is 10.3. The van der Waals surface area contributed by atoms with Crippen molar-refractivity contribution in [3.63, 3.8) is 0 Å². The van der Waals surface area contributed by atoms with Crippen LogP contribution < -0.4 is 0 Å². The molecule has 0 aromatic heterocycles. The molecule has 0 fully saturated rings. The largest absolute Gasteiger partial charge is 0.327 e. The van der Waals surface area contributed by atoms with E-state index in [2.05, 4.69) is 31.5 Å². The second-order valence-corrected chi connectivity index (χ2v) is 17.2. The molecule has 1 nitrogen and oxygen atoms in total. The number of hydrogen-bond donors (Lipinski definition) is 0. The van der Waals surface area contributed by atoms with Crippen LogP contribution in [0.2, 0.25) is 13.1 Å². The minimum atomic E-state index is -0.889. The van der Waals surface area contributed by atoms with Crippen LogP contribution in [-0.2, 0) is 0 Å². The van der Waals surface area contributed by atoms with Crippen LogP contribution in [0.25, 0.3) is 0 Å². The topological polar surface area (TPSA) is 3.24 Å². The van der Waals surface area contributed by atoms with Crippen molar-refractivity contribution < 1.29 is 0 Å². The fourth-order valence-corrected chi connectivity index (χ4v) is 4.48. The first kappa shape index (κ1) is 13.4. The molecular weight excluding hydrogens is 190 g/mol. The van der Waals surface area contributed by atoms with Crippen LogP contribution in [0, 0.1) is 0 Å². The van der Waals surface area contributed by atoms with Gasteiger partial charge in [-0.3, -0.25) is 0 Å². The van der Waals surface area contributed by atoms with Gasteiger partial charge in [0, 0.05) is 9.76 Å². The third kappa shape index (κ3) is 6.46. The minimum absolute atomic E-state index is 0.889. The van der Waals surface area contributed by atoms with Crippen molar-refractivity contribution >= 4 is 17.5 Å². The van der Waals surface area contributed by atoms with Crippen LogP contribution in [0.4, 0.5) is 0 Å². The number of hydrogen-bond acceptors (Lipinski definition) is 1. The standard InChI is InChI=1S/C10H27NSi2/c1-5-7-9-11(10-8-6-2)13(3,4)12/h5-10H2,1-4,12H3. The van der Waals surface area contributed by atoms with Crippen molar-refractivity contribution in [1.82, 2.24) is 4.57 Å². The van der Waals surface area contributed by atoms with Crippen LogP contribution in [0.1, 0.15) is 39.5 Å². The monoisotopic (exact) mass is 217 g/mol. The van der Waals surface area contributed by atoms with Gasteiger partial charge in [0.1, 0.15) is 7.75 Å². The molecule has 0 atom stereocenters. The summed E-state index contributed by atoms with van der Waals surface area (Å²) in [5.74, 6) is 0. The van der Waals surface area contributed by atoms with E-state index in [9.17, 15) is 0 Å². The van der Waals surface area contributed by atoms with Crippen molar-refractivity contribution in [3.8, 4) is 0 Å². The number of nitrogens with zero attached hydrogens (tertiary/aromatic N) is 1. The van der Waals surface area contributed by atoms with Gasteiger partial charge in [-0.25, -0.2) is 0 Å². The molecule has 0 aliphatic heterocycles. The summed E-state index contributed by atoms with van der Waals surface area (Å²) >= 11 is 0. The Morgan fingerprint density at radius 1 is 1.00 bits per heavy atom. The zero-order valence-corrected chi connectivity index (χ0v) is 13.2. The highest BCUT2D eigenvalue weighted by atomic mass is 29.2. The third-order valence-electron chi connectivity index (χ3n) is 2.51. The van der Waals surface area contributed by atoms with Gasteiger partial charge in [0.2, 0.25) is 0 Å². The Balaban J connectivity index is 3.88. The maximum Gasteiger partial charge on any atom is 0.101 e. The molecule has 0 aromatic carbocycles. The van der Waals surface area contributed by atoms with E-state index in [0.717, 1.165) is 0 Å². The molecule has 0 spiro atoms. The molecule has 0 N–H and O–H groups in total. The predicted octanol–water partition coefficient (Wildman–Crippen LogP) is 1.96. The van der Waals surface area contributed by atoms with Crippen LogP contribution in [0.15, 0.2) is 0 Å². The van der Waals surface area contributed by atoms with Gasteiger partial charge >= 0.3 is 0 Å². The molecule has 0 saturated heterocycles. The Hall–Kier alpha value is 0.394. The quantitative estimate of drug-likeness (QED) is 0.589. The molecular formula is C10H27NSi2. The average molecular weight is 218 g/mol. The molecule has 0 bridgehead atoms. The zero-order chi connectivity index (χ0) is 10.3. The van der Waals surface area contributed by atoms with Gasteiger partial charge in [-0.15, -0.1) is 0 Å². The Bertz CT molecular complexity index is 113. The maximum atomic E-state index is 2.81. The lowest BCUT2D eigenvalue weighted by molar-refractivity contribution is 0.408. The molecule has 13 heavy (non-hydrogen) atoms. The van der Waals surface area contributed by atoms with Crippen molar-refractivity contribution in [2.45, 2.75) is 52.6 Å². The molecule has 0 saturated carbocycles. The van der Waals surface area contributed by atoms with Gasteiger partial charge in [0.05, 0.1) is 0 Å². The van der Waals surface area contributed by atoms with E-state index < -0.39 is 7.75 Å². The molecule has 0 amide bonds. The lowest BCUT2D eigenvalue weighted by Gasteiger charge is -2.34. The summed E-state index contributed by atoms with van der Waals surface area (Å²) in [5, 5.41) is 0. The van der Waals surface area contributed by atoms with Crippen LogP contribution >= 0.6 is 0 Å². The molecule has 3 heteroatoms. The van der Waals surface area contributed by atoms with E-state index in [1.165, 1.54) is 48.5 Å². The normalized spacial score (nSPS) is 12.7. The third-order valence-corrected chi connectivity index (χ3v) is 6.75. The Morgan fingerprint density at radius 3 is 1.62 bits per heavy atom. The molecule has 0 aliphatic carbocycles. The average Bonchev–Trinajstić information content (AvgIpc) is 2.02. The Labute approximate surface area is 88.2 Å². The van der Waals surface area contributed by atoms with Gasteiger partial charge in [-0.1, -0.05) is 39.8 Å². The smallest absolute Gasteiger partial charge is 0.101 e. The summed E-state index contributed by atoms with van der Waals surface area (Å²) in [6.45, 7) is 12.3. The molecule has 0 heterocycles. The first-order valence-electron chi connectivity index (χ1n) is 5.77. The van der Waals surface area contributed by atoms with Gasteiger partial charge in [0.25, 0.3) is 0 Å². The molecule has 0 aromatic rings. The highest BCUT2D eigenvalue weighted by Crippen LogP contribution is 2.08. The second kappa shape index (κ2) is 6.79. The Kier molecular flexibility index (Phi) is 7.00. The van der Waals surface area contributed by atoms with Crippen LogP contribution in [0.5, 0.6) is 0 Å². The van der Waals surface area contributed by atoms with Crippen molar-refractivity contribution in [2.75, 3.05) is 13.1 Å². The summed E-state index contributed by atoms with van der Waals surface area (Å²) in [6.07, 6.45) is 5.47. The summed E-state index contributed by atoms with van der Waals surface area (Å²) in [5.41, 5.74) is 0. The fourth-order valence-electron chi connectivity index (χ4n) is 1.48. The van der Waals surface area contributed by atoms with Gasteiger partial charge in [0.15, 0.2) is 0 Å². The van der Waals surface area contributed by atoms with Gasteiger partial charge in [-0.2, -0.15) is 0 Å². The van der Waals surface area contributed by atoms with E-state index >= 15 is 0 Å². The van der Waals surface area contributed by atoms with E-state index in [4.69, 9.17) is 0 Å². The molecule has 80 valence electrons. The number of unbranched alkanes of at least 4 members (excludes halogenated alkanes) is 2. The fraction of sp³-hybridized carbons (Fsp3) is 1.00. The highest BCUT2D eigenvalue weighted by Gasteiger charge is 2.21. The summed E-state index contributed by atoms with van der Waals surface area (Å²) in [4.78, 5) is 0.